The van der Waals surface area contributed by atoms with E-state index in [1.807, 2.05) is 24.3 Å². The fourth-order valence-corrected chi connectivity index (χ4v) is 1.52. The molecule has 5 nitrogen and oxygen atoms in total. The van der Waals surface area contributed by atoms with Crippen LogP contribution in [0.2, 0.25) is 0 Å². The van der Waals surface area contributed by atoms with Gasteiger partial charge in [-0.15, -0.1) is 0 Å². The van der Waals surface area contributed by atoms with Crippen LogP contribution in [-0.4, -0.2) is 22.0 Å². The van der Waals surface area contributed by atoms with Gasteiger partial charge in [0.15, 0.2) is 0 Å². The van der Waals surface area contributed by atoms with Crippen molar-refractivity contribution in [2.75, 3.05) is 6.61 Å². The summed E-state index contributed by atoms with van der Waals surface area (Å²) < 4.78 is 5.51. The molecule has 0 radical (unpaired) electrons. The molecule has 0 aliphatic heterocycles. The summed E-state index contributed by atoms with van der Waals surface area (Å²) in [6.07, 6.45) is 2.63. The summed E-state index contributed by atoms with van der Waals surface area (Å²) in [5, 5.41) is 10.3. The highest BCUT2D eigenvalue weighted by Crippen LogP contribution is 2.20. The summed E-state index contributed by atoms with van der Waals surface area (Å²) in [6.45, 7) is 2.81. The van der Waals surface area contributed by atoms with Gasteiger partial charge in [-0.3, -0.25) is 0 Å². The van der Waals surface area contributed by atoms with Crippen molar-refractivity contribution in [2.45, 2.75) is 19.4 Å². The Kier molecular flexibility index (Phi) is 3.72. The maximum absolute atomic E-state index is 6.05. The third kappa shape index (κ3) is 2.82. The highest BCUT2D eigenvalue weighted by atomic mass is 16.5. The number of nitrogens with zero attached hydrogens (tertiary/aromatic N) is 2. The Bertz CT molecular complexity index is 438. The van der Waals surface area contributed by atoms with E-state index in [9.17, 15) is 0 Å². The molecule has 1 aromatic carbocycles. The molecule has 5 heteroatoms. The second-order valence-electron chi connectivity index (χ2n) is 3.79. The van der Waals surface area contributed by atoms with Crippen molar-refractivity contribution in [2.24, 2.45) is 5.73 Å². The molecular formula is C12H16N4O. The fourth-order valence-electron chi connectivity index (χ4n) is 1.52. The van der Waals surface area contributed by atoms with Crippen LogP contribution in [-0.2, 0) is 0 Å². The van der Waals surface area contributed by atoms with Crippen LogP contribution < -0.4 is 10.5 Å². The van der Waals surface area contributed by atoms with E-state index in [1.54, 1.807) is 6.20 Å². The Labute approximate surface area is 100.0 Å². The van der Waals surface area contributed by atoms with Crippen molar-refractivity contribution in [1.29, 1.82) is 0 Å². The molecule has 0 saturated heterocycles. The zero-order chi connectivity index (χ0) is 12.1. The second kappa shape index (κ2) is 5.45. The molecule has 0 aliphatic carbocycles. The number of aromatic amines is 1. The molecule has 2 aromatic rings. The average Bonchev–Trinajstić information content (AvgIpc) is 2.90. The summed E-state index contributed by atoms with van der Waals surface area (Å²) in [7, 11) is 0. The van der Waals surface area contributed by atoms with Crippen LogP contribution in [0.3, 0.4) is 0 Å². The Balaban J connectivity index is 2.07. The number of nitrogens with two attached hydrogens (primary N) is 1. The molecule has 1 unspecified atom stereocenters. The number of ether oxygens (including phenoxy) is 1. The molecule has 90 valence electrons. The quantitative estimate of drug-likeness (QED) is 0.821. The average molecular weight is 232 g/mol. The topological polar surface area (TPSA) is 76.8 Å². The molecule has 17 heavy (non-hydrogen) atoms. The monoisotopic (exact) mass is 232 g/mol. The minimum Gasteiger partial charge on any atom is -0.494 e. The normalized spacial score (nSPS) is 12.4. The van der Waals surface area contributed by atoms with Crippen molar-refractivity contribution >= 4 is 0 Å². The number of rotatable bonds is 5. The molecular weight excluding hydrogens is 216 g/mol. The summed E-state index contributed by atoms with van der Waals surface area (Å²) in [5.41, 5.74) is 7.77. The Morgan fingerprint density at radius 2 is 2.12 bits per heavy atom. The van der Waals surface area contributed by atoms with Crippen LogP contribution in [0.25, 0.3) is 0 Å². The van der Waals surface area contributed by atoms with Gasteiger partial charge < -0.3 is 10.5 Å². The summed E-state index contributed by atoms with van der Waals surface area (Å²) >= 11 is 0. The first-order valence-electron chi connectivity index (χ1n) is 5.65. The molecule has 1 aromatic heterocycles. The molecule has 3 N–H and O–H groups in total. The zero-order valence-corrected chi connectivity index (χ0v) is 9.76. The largest absolute Gasteiger partial charge is 0.494 e. The number of H-pyrrole nitrogens is 1. The lowest BCUT2D eigenvalue weighted by atomic mass is 10.1. The van der Waals surface area contributed by atoms with Crippen LogP contribution in [0.5, 0.6) is 5.75 Å². The predicted molar refractivity (Wildman–Crippen MR) is 64.6 cm³/mol. The van der Waals surface area contributed by atoms with Gasteiger partial charge in [-0.1, -0.05) is 19.1 Å². The van der Waals surface area contributed by atoms with E-state index in [0.717, 1.165) is 30.0 Å². The summed E-state index contributed by atoms with van der Waals surface area (Å²) in [4.78, 5) is 0. The van der Waals surface area contributed by atoms with Crippen molar-refractivity contribution < 1.29 is 4.74 Å². The standard InChI is InChI=1S/C12H16N4O/c1-2-7-17-10-5-3-9(4-6-10)12(13)11-8-14-16-15-11/h3-6,8,12H,2,7,13H2,1H3,(H,14,15,16). The fraction of sp³-hybridized carbons (Fsp3) is 0.333. The molecule has 0 bridgehead atoms. The van der Waals surface area contributed by atoms with E-state index in [0.29, 0.717) is 0 Å². The lowest BCUT2D eigenvalue weighted by Gasteiger charge is -2.10. The molecule has 0 saturated carbocycles. The first kappa shape index (κ1) is 11.6. The third-order valence-electron chi connectivity index (χ3n) is 2.46. The maximum Gasteiger partial charge on any atom is 0.119 e. The SMILES string of the molecule is CCCOc1ccc(C(N)c2cn[nH]n2)cc1. The van der Waals surface area contributed by atoms with Gasteiger partial charge in [0, 0.05) is 0 Å². The molecule has 0 spiro atoms. The van der Waals surface area contributed by atoms with Crippen LogP contribution in [0, 0.1) is 0 Å². The minimum atomic E-state index is -0.256. The Morgan fingerprint density at radius 3 is 2.71 bits per heavy atom. The lowest BCUT2D eigenvalue weighted by molar-refractivity contribution is 0.317. The number of aromatic nitrogens is 3. The smallest absolute Gasteiger partial charge is 0.119 e. The van der Waals surface area contributed by atoms with Crippen molar-refractivity contribution in [3.8, 4) is 5.75 Å². The van der Waals surface area contributed by atoms with E-state index in [4.69, 9.17) is 10.5 Å². The number of hydrogen-bond donors (Lipinski definition) is 2. The first-order chi connectivity index (χ1) is 8.31. The van der Waals surface area contributed by atoms with Gasteiger partial charge in [0.2, 0.25) is 0 Å². The molecule has 1 heterocycles. The number of benzene rings is 1. The van der Waals surface area contributed by atoms with Crippen LogP contribution in [0.1, 0.15) is 30.6 Å². The zero-order valence-electron chi connectivity index (χ0n) is 9.76. The summed E-state index contributed by atoms with van der Waals surface area (Å²) in [6, 6.07) is 7.49. The number of hydrogen-bond acceptors (Lipinski definition) is 4. The molecule has 0 aliphatic rings. The van der Waals surface area contributed by atoms with Crippen molar-refractivity contribution in [3.05, 3.63) is 41.7 Å². The van der Waals surface area contributed by atoms with Gasteiger partial charge in [0.25, 0.3) is 0 Å². The van der Waals surface area contributed by atoms with Crippen LogP contribution in [0.15, 0.2) is 30.5 Å². The second-order valence-corrected chi connectivity index (χ2v) is 3.79. The van der Waals surface area contributed by atoms with E-state index >= 15 is 0 Å². The van der Waals surface area contributed by atoms with E-state index in [1.165, 1.54) is 0 Å². The Hall–Kier alpha value is -1.88. The van der Waals surface area contributed by atoms with E-state index in [-0.39, 0.29) is 6.04 Å². The van der Waals surface area contributed by atoms with E-state index in [2.05, 4.69) is 22.3 Å². The van der Waals surface area contributed by atoms with Crippen LogP contribution >= 0.6 is 0 Å². The minimum absolute atomic E-state index is 0.256. The lowest BCUT2D eigenvalue weighted by Crippen LogP contribution is -2.12. The molecule has 0 fully saturated rings. The Morgan fingerprint density at radius 1 is 1.35 bits per heavy atom. The summed E-state index contributed by atoms with van der Waals surface area (Å²) in [5.74, 6) is 0.864. The highest BCUT2D eigenvalue weighted by molar-refractivity contribution is 5.32. The van der Waals surface area contributed by atoms with Gasteiger partial charge in [-0.05, 0) is 24.1 Å². The maximum atomic E-state index is 6.05. The molecule has 1 atom stereocenters. The first-order valence-corrected chi connectivity index (χ1v) is 5.65. The highest BCUT2D eigenvalue weighted by Gasteiger charge is 2.11. The predicted octanol–water partition coefficient (Wildman–Crippen LogP) is 1.64. The van der Waals surface area contributed by atoms with E-state index < -0.39 is 0 Å². The van der Waals surface area contributed by atoms with Crippen LogP contribution in [0.4, 0.5) is 0 Å². The molecule has 2 rings (SSSR count). The van der Waals surface area contributed by atoms with Crippen molar-refractivity contribution in [3.63, 3.8) is 0 Å². The van der Waals surface area contributed by atoms with Gasteiger partial charge in [0.1, 0.15) is 11.4 Å². The van der Waals surface area contributed by atoms with Crippen molar-refractivity contribution in [1.82, 2.24) is 15.4 Å². The number of nitrogens with one attached hydrogen (secondary N) is 1. The van der Waals surface area contributed by atoms with Gasteiger partial charge in [-0.2, -0.15) is 15.4 Å². The van der Waals surface area contributed by atoms with Gasteiger partial charge in [-0.25, -0.2) is 0 Å². The molecule has 0 amide bonds. The van der Waals surface area contributed by atoms with Gasteiger partial charge >= 0.3 is 0 Å². The third-order valence-corrected chi connectivity index (χ3v) is 2.46. The van der Waals surface area contributed by atoms with Gasteiger partial charge in [0.05, 0.1) is 18.8 Å².